The quantitative estimate of drug-likeness (QED) is 0.391. The van der Waals surface area contributed by atoms with E-state index in [1.54, 1.807) is 18.4 Å². The maximum atomic E-state index is 13.4. The number of carbonyl (C=O) groups is 1. The molecule has 0 unspecified atom stereocenters. The fraction of sp³-hybridized carbons (Fsp3) is 0.182. The van der Waals surface area contributed by atoms with Gasteiger partial charge in [0.1, 0.15) is 11.3 Å². The normalized spacial score (nSPS) is 11.5. The molecule has 0 spiro atoms. The third kappa shape index (κ3) is 4.98. The van der Waals surface area contributed by atoms with Crippen molar-refractivity contribution >= 4 is 40.8 Å². The molecule has 0 saturated carbocycles. The van der Waals surface area contributed by atoms with Crippen LogP contribution < -0.4 is 10.2 Å². The number of nitrogens with zero attached hydrogens (tertiary/aromatic N) is 1. The number of hydrogen-bond acceptors (Lipinski definition) is 3. The number of alkyl halides is 3. The van der Waals surface area contributed by atoms with Gasteiger partial charge in [-0.1, -0.05) is 40.9 Å². The van der Waals surface area contributed by atoms with Gasteiger partial charge in [0.2, 0.25) is 5.43 Å². The van der Waals surface area contributed by atoms with Crippen LogP contribution in [-0.4, -0.2) is 22.0 Å². The van der Waals surface area contributed by atoms with Crippen LogP contribution in [0.15, 0.2) is 41.2 Å². The van der Waals surface area contributed by atoms with Crippen molar-refractivity contribution < 1.29 is 27.8 Å². The highest BCUT2D eigenvalue weighted by atomic mass is 35.5. The Morgan fingerprint density at radius 2 is 1.70 bits per heavy atom. The molecule has 0 bridgehead atoms. The standard InChI is InChI=1S/C22H15Cl3F3NO4/c1-3-29-10(2)17(13-9-12(5-7-14(13)23)33-22(26,27)28)20(30)18(21(31)32)19(29)11-4-6-15(24)16(25)8-11/h4-9H,3H2,1-2H3,(H,31,32). The van der Waals surface area contributed by atoms with E-state index in [0.29, 0.717) is 11.3 Å². The third-order valence-corrected chi connectivity index (χ3v) is 5.96. The van der Waals surface area contributed by atoms with Gasteiger partial charge >= 0.3 is 12.3 Å². The number of aromatic nitrogens is 1. The fourth-order valence-electron chi connectivity index (χ4n) is 3.58. The minimum Gasteiger partial charge on any atom is -0.477 e. The minimum absolute atomic E-state index is 0.0500. The van der Waals surface area contributed by atoms with Gasteiger partial charge in [0, 0.05) is 28.4 Å². The lowest BCUT2D eigenvalue weighted by atomic mass is 9.96. The van der Waals surface area contributed by atoms with E-state index in [4.69, 9.17) is 34.8 Å². The van der Waals surface area contributed by atoms with Gasteiger partial charge in [-0.25, -0.2) is 4.79 Å². The number of hydrogen-bond donors (Lipinski definition) is 1. The Kier molecular flexibility index (Phi) is 7.02. The lowest BCUT2D eigenvalue weighted by Crippen LogP contribution is -2.25. The van der Waals surface area contributed by atoms with Crippen LogP contribution in [-0.2, 0) is 6.54 Å². The van der Waals surface area contributed by atoms with Crippen LogP contribution in [0.4, 0.5) is 13.2 Å². The highest BCUT2D eigenvalue weighted by Gasteiger charge is 2.32. The van der Waals surface area contributed by atoms with Gasteiger partial charge in [-0.2, -0.15) is 0 Å². The van der Waals surface area contributed by atoms with E-state index in [1.807, 2.05) is 0 Å². The Bertz CT molecular complexity index is 1320. The van der Waals surface area contributed by atoms with E-state index in [9.17, 15) is 27.9 Å². The molecular formula is C22H15Cl3F3NO4. The molecule has 3 aromatic rings. The maximum Gasteiger partial charge on any atom is 0.573 e. The molecular weight excluding hydrogens is 506 g/mol. The topological polar surface area (TPSA) is 68.5 Å². The predicted molar refractivity (Wildman–Crippen MR) is 121 cm³/mol. The molecule has 33 heavy (non-hydrogen) atoms. The van der Waals surface area contributed by atoms with E-state index in [0.717, 1.165) is 18.2 Å². The number of pyridine rings is 1. The van der Waals surface area contributed by atoms with Crippen LogP contribution in [0.25, 0.3) is 22.4 Å². The molecule has 1 N–H and O–H groups in total. The van der Waals surface area contributed by atoms with E-state index < -0.39 is 29.1 Å². The van der Waals surface area contributed by atoms with Crippen molar-refractivity contribution in [1.29, 1.82) is 0 Å². The van der Waals surface area contributed by atoms with Crippen LogP contribution >= 0.6 is 34.8 Å². The molecule has 2 aromatic carbocycles. The van der Waals surface area contributed by atoms with Crippen LogP contribution in [0, 0.1) is 6.92 Å². The first kappa shape index (κ1) is 25.0. The molecule has 0 saturated heterocycles. The Morgan fingerprint density at radius 1 is 1.06 bits per heavy atom. The Labute approximate surface area is 200 Å². The largest absolute Gasteiger partial charge is 0.573 e. The van der Waals surface area contributed by atoms with Crippen molar-refractivity contribution in [2.45, 2.75) is 26.8 Å². The molecule has 0 amide bonds. The van der Waals surface area contributed by atoms with Gasteiger partial charge in [0.05, 0.1) is 21.3 Å². The van der Waals surface area contributed by atoms with Crippen LogP contribution in [0.2, 0.25) is 15.1 Å². The third-order valence-electron chi connectivity index (χ3n) is 4.89. The number of ether oxygens (including phenoxy) is 1. The molecule has 0 aliphatic rings. The highest BCUT2D eigenvalue weighted by Crippen LogP contribution is 2.37. The first-order valence-electron chi connectivity index (χ1n) is 9.37. The summed E-state index contributed by atoms with van der Waals surface area (Å²) in [5, 5.41) is 10.3. The summed E-state index contributed by atoms with van der Waals surface area (Å²) in [6.45, 7) is 3.49. The highest BCUT2D eigenvalue weighted by molar-refractivity contribution is 6.42. The summed E-state index contributed by atoms with van der Waals surface area (Å²) in [6.07, 6.45) is -4.96. The van der Waals surface area contributed by atoms with Crippen LogP contribution in [0.1, 0.15) is 23.0 Å². The van der Waals surface area contributed by atoms with Crippen molar-refractivity contribution in [3.05, 3.63) is 72.9 Å². The monoisotopic (exact) mass is 519 g/mol. The summed E-state index contributed by atoms with van der Waals surface area (Å²) in [5.41, 5.74) is -1.06. The zero-order chi connectivity index (χ0) is 24.7. The first-order valence-corrected chi connectivity index (χ1v) is 10.5. The molecule has 0 radical (unpaired) electrons. The molecule has 11 heteroatoms. The van der Waals surface area contributed by atoms with Crippen molar-refractivity contribution in [1.82, 2.24) is 4.57 Å². The summed E-state index contributed by atoms with van der Waals surface area (Å²) in [4.78, 5) is 25.6. The predicted octanol–water partition coefficient (Wildman–Crippen LogP) is 7.07. The molecule has 0 aliphatic carbocycles. The summed E-state index contributed by atoms with van der Waals surface area (Å²) in [6, 6.07) is 7.50. The number of halogens is 6. The van der Waals surface area contributed by atoms with Gasteiger partial charge in [0.15, 0.2) is 0 Å². The van der Waals surface area contributed by atoms with Gasteiger partial charge in [0.25, 0.3) is 0 Å². The van der Waals surface area contributed by atoms with E-state index >= 15 is 0 Å². The van der Waals surface area contributed by atoms with Crippen molar-refractivity contribution in [3.63, 3.8) is 0 Å². The molecule has 1 heterocycles. The average Bonchev–Trinajstić information content (AvgIpc) is 2.70. The van der Waals surface area contributed by atoms with Crippen LogP contribution in [0.3, 0.4) is 0 Å². The zero-order valence-corrected chi connectivity index (χ0v) is 19.3. The second-order valence-electron chi connectivity index (χ2n) is 6.88. The molecule has 1 aromatic heterocycles. The van der Waals surface area contributed by atoms with Crippen LogP contribution in [0.5, 0.6) is 5.75 Å². The number of carboxylic acids is 1. The molecule has 3 rings (SSSR count). The summed E-state index contributed by atoms with van der Waals surface area (Å²) in [7, 11) is 0. The molecule has 174 valence electrons. The summed E-state index contributed by atoms with van der Waals surface area (Å²) < 4.78 is 43.6. The minimum atomic E-state index is -4.96. The summed E-state index contributed by atoms with van der Waals surface area (Å²) >= 11 is 18.3. The molecule has 0 fully saturated rings. The lowest BCUT2D eigenvalue weighted by Gasteiger charge is -2.22. The summed E-state index contributed by atoms with van der Waals surface area (Å²) in [5.74, 6) is -2.13. The zero-order valence-electron chi connectivity index (χ0n) is 17.1. The first-order chi connectivity index (χ1) is 15.4. The van der Waals surface area contributed by atoms with Crippen molar-refractivity contribution in [2.24, 2.45) is 0 Å². The average molecular weight is 521 g/mol. The molecule has 0 atom stereocenters. The van der Waals surface area contributed by atoms with E-state index in [-0.39, 0.29) is 38.4 Å². The smallest absolute Gasteiger partial charge is 0.477 e. The number of rotatable bonds is 5. The van der Waals surface area contributed by atoms with Crippen molar-refractivity contribution in [2.75, 3.05) is 0 Å². The number of aromatic carboxylic acids is 1. The fourth-order valence-corrected chi connectivity index (χ4v) is 4.09. The van der Waals surface area contributed by atoms with E-state index in [2.05, 4.69) is 4.74 Å². The Morgan fingerprint density at radius 3 is 2.24 bits per heavy atom. The Balaban J connectivity index is 2.41. The number of carboxylic acid groups (broad SMARTS) is 1. The van der Waals surface area contributed by atoms with Gasteiger partial charge in [-0.05, 0) is 44.2 Å². The van der Waals surface area contributed by atoms with Gasteiger partial charge in [-0.15, -0.1) is 13.2 Å². The molecule has 0 aliphatic heterocycles. The van der Waals surface area contributed by atoms with E-state index in [1.165, 1.54) is 18.2 Å². The SMILES string of the molecule is CCn1c(C)c(-c2cc(OC(F)(F)F)ccc2Cl)c(=O)c(C(=O)O)c1-c1ccc(Cl)c(Cl)c1. The maximum absolute atomic E-state index is 13.4. The Hall–Kier alpha value is -2.68. The van der Waals surface area contributed by atoms with Crippen molar-refractivity contribution in [3.8, 4) is 28.1 Å². The van der Waals surface area contributed by atoms with Gasteiger partial charge < -0.3 is 14.4 Å². The second kappa shape index (κ2) is 9.29. The lowest BCUT2D eigenvalue weighted by molar-refractivity contribution is -0.274. The molecule has 5 nitrogen and oxygen atoms in total. The number of benzene rings is 2. The van der Waals surface area contributed by atoms with Gasteiger partial charge in [-0.3, -0.25) is 4.79 Å². The second-order valence-corrected chi connectivity index (χ2v) is 8.10.